The maximum Gasteiger partial charge on any atom is 0.268 e. The molecular weight excluding hydrogens is 348 g/mol. The summed E-state index contributed by atoms with van der Waals surface area (Å²) >= 11 is 0. The molecule has 0 spiro atoms. The zero-order chi connectivity index (χ0) is 19.0. The van der Waals surface area contributed by atoms with Gasteiger partial charge >= 0.3 is 0 Å². The number of rotatable bonds is 5. The number of morpholine rings is 1. The molecule has 0 unspecified atom stereocenters. The number of Topliss-reactive ketones (excluding diaryl/α,β-unsaturated/α-hetero) is 1. The Hall–Kier alpha value is -2.48. The summed E-state index contributed by atoms with van der Waals surface area (Å²) in [5.74, 6) is -0.0851. The van der Waals surface area contributed by atoms with Gasteiger partial charge in [0.15, 0.2) is 18.0 Å². The third-order valence-corrected chi connectivity index (χ3v) is 5.25. The fraction of sp³-hybridized carbons (Fsp3) is 0.400. The quantitative estimate of drug-likeness (QED) is 0.737. The van der Waals surface area contributed by atoms with Gasteiger partial charge in [0.25, 0.3) is 5.91 Å². The third kappa shape index (κ3) is 3.18. The number of aliphatic hydroxyl groups is 1. The lowest BCUT2D eigenvalue weighted by Crippen LogP contribution is -3.15. The second-order valence-corrected chi connectivity index (χ2v) is 7.14. The smallest absolute Gasteiger partial charge is 0.268 e. The van der Waals surface area contributed by atoms with Crippen molar-refractivity contribution in [3.63, 3.8) is 0 Å². The molecule has 1 amide bonds. The van der Waals surface area contributed by atoms with Gasteiger partial charge in [-0.3, -0.25) is 14.5 Å². The van der Waals surface area contributed by atoms with Crippen LogP contribution in [0.3, 0.4) is 0 Å². The van der Waals surface area contributed by atoms with E-state index in [1.807, 2.05) is 12.1 Å². The van der Waals surface area contributed by atoms with Crippen molar-refractivity contribution in [1.82, 2.24) is 0 Å². The molecule has 2 N–H and O–H groups in total. The first-order chi connectivity index (χ1) is 13.0. The Balaban J connectivity index is 1.62. The van der Waals surface area contributed by atoms with Crippen LogP contribution in [0.15, 0.2) is 40.8 Å². The van der Waals surface area contributed by atoms with Gasteiger partial charge in [-0.1, -0.05) is 18.2 Å². The molecule has 0 radical (unpaired) electrons. The van der Waals surface area contributed by atoms with Crippen LogP contribution in [0.4, 0.5) is 5.69 Å². The summed E-state index contributed by atoms with van der Waals surface area (Å²) < 4.78 is 10.7. The molecular formula is C20H23N2O5+. The number of ketones is 1. The molecule has 142 valence electrons. The van der Waals surface area contributed by atoms with E-state index in [0.29, 0.717) is 36.9 Å². The molecule has 0 saturated carbocycles. The van der Waals surface area contributed by atoms with E-state index in [9.17, 15) is 14.7 Å². The van der Waals surface area contributed by atoms with Crippen LogP contribution in [0.2, 0.25) is 0 Å². The Kier molecular flexibility index (Phi) is 4.59. The second-order valence-electron chi connectivity index (χ2n) is 7.14. The van der Waals surface area contributed by atoms with Crippen LogP contribution in [-0.2, 0) is 15.1 Å². The average Bonchev–Trinajstić information content (AvgIpc) is 3.20. The van der Waals surface area contributed by atoms with E-state index in [4.69, 9.17) is 9.15 Å². The highest BCUT2D eigenvalue weighted by Crippen LogP contribution is 2.42. The summed E-state index contributed by atoms with van der Waals surface area (Å²) in [5, 5.41) is 11.3. The van der Waals surface area contributed by atoms with E-state index >= 15 is 0 Å². The monoisotopic (exact) mass is 371 g/mol. The number of furan rings is 1. The Labute approximate surface area is 157 Å². The van der Waals surface area contributed by atoms with Crippen molar-refractivity contribution in [2.75, 3.05) is 37.9 Å². The molecule has 1 aromatic carbocycles. The van der Waals surface area contributed by atoms with Gasteiger partial charge in [0, 0.05) is 5.56 Å². The van der Waals surface area contributed by atoms with Crippen molar-refractivity contribution in [3.8, 4) is 0 Å². The van der Waals surface area contributed by atoms with Crippen LogP contribution in [0.1, 0.15) is 28.3 Å². The number of benzene rings is 1. The Bertz CT molecular complexity index is 871. The number of anilines is 1. The van der Waals surface area contributed by atoms with Gasteiger partial charge in [-0.05, 0) is 25.1 Å². The lowest BCUT2D eigenvalue weighted by Gasteiger charge is -2.29. The minimum absolute atomic E-state index is 0.156. The highest BCUT2D eigenvalue weighted by atomic mass is 16.5. The van der Waals surface area contributed by atoms with Crippen LogP contribution in [0.5, 0.6) is 0 Å². The van der Waals surface area contributed by atoms with Crippen molar-refractivity contribution in [2.45, 2.75) is 18.9 Å². The van der Waals surface area contributed by atoms with E-state index in [1.54, 1.807) is 36.1 Å². The fourth-order valence-electron chi connectivity index (χ4n) is 3.78. The highest BCUT2D eigenvalue weighted by Gasteiger charge is 2.52. The summed E-state index contributed by atoms with van der Waals surface area (Å²) in [7, 11) is 0. The zero-order valence-corrected chi connectivity index (χ0v) is 15.2. The van der Waals surface area contributed by atoms with Crippen LogP contribution >= 0.6 is 0 Å². The average molecular weight is 371 g/mol. The van der Waals surface area contributed by atoms with E-state index in [0.717, 1.165) is 13.1 Å². The van der Waals surface area contributed by atoms with Gasteiger partial charge in [-0.25, -0.2) is 0 Å². The van der Waals surface area contributed by atoms with Gasteiger partial charge < -0.3 is 19.2 Å². The molecule has 2 aliphatic heterocycles. The minimum Gasteiger partial charge on any atom is -0.458 e. The van der Waals surface area contributed by atoms with Gasteiger partial charge in [0.05, 0.1) is 25.3 Å². The molecule has 7 nitrogen and oxygen atoms in total. The van der Waals surface area contributed by atoms with Crippen molar-refractivity contribution < 1.29 is 28.7 Å². The number of para-hydroxylation sites is 1. The third-order valence-electron chi connectivity index (χ3n) is 5.25. The van der Waals surface area contributed by atoms with E-state index in [-0.39, 0.29) is 12.2 Å². The number of nitrogens with one attached hydrogen (secondary N) is 1. The molecule has 27 heavy (non-hydrogen) atoms. The molecule has 1 atom stereocenters. The van der Waals surface area contributed by atoms with Gasteiger partial charge in [0.2, 0.25) is 5.78 Å². The summed E-state index contributed by atoms with van der Waals surface area (Å²) in [5.41, 5.74) is -0.744. The maximum absolute atomic E-state index is 13.2. The topological polar surface area (TPSA) is 84.4 Å². The van der Waals surface area contributed by atoms with Crippen molar-refractivity contribution in [2.24, 2.45) is 0 Å². The second kappa shape index (κ2) is 6.92. The van der Waals surface area contributed by atoms with Crippen LogP contribution < -0.4 is 9.80 Å². The van der Waals surface area contributed by atoms with Crippen LogP contribution in [0, 0.1) is 6.92 Å². The van der Waals surface area contributed by atoms with E-state index in [2.05, 4.69) is 0 Å². The lowest BCUT2D eigenvalue weighted by atomic mass is 9.89. The first kappa shape index (κ1) is 17.9. The van der Waals surface area contributed by atoms with Crippen LogP contribution in [0.25, 0.3) is 0 Å². The molecule has 7 heteroatoms. The zero-order valence-electron chi connectivity index (χ0n) is 15.2. The number of hydrogen-bond acceptors (Lipinski definition) is 5. The SMILES string of the molecule is Cc1ccc(C(=O)C[C@]2(O)C(=O)N(C[NH+]3CCOCC3)c3ccccc32)o1. The predicted octanol–water partition coefficient (Wildman–Crippen LogP) is 0.268. The Morgan fingerprint density at radius 1 is 1.22 bits per heavy atom. The molecule has 1 saturated heterocycles. The summed E-state index contributed by atoms with van der Waals surface area (Å²) in [6.07, 6.45) is -0.343. The maximum atomic E-state index is 13.2. The molecule has 3 heterocycles. The normalized spacial score (nSPS) is 22.9. The van der Waals surface area contributed by atoms with Crippen molar-refractivity contribution in [3.05, 3.63) is 53.5 Å². The summed E-state index contributed by atoms with van der Waals surface area (Å²) in [6.45, 7) is 5.09. The minimum atomic E-state index is -1.87. The first-order valence-corrected chi connectivity index (χ1v) is 9.14. The fourth-order valence-corrected chi connectivity index (χ4v) is 3.78. The molecule has 0 bridgehead atoms. The van der Waals surface area contributed by atoms with Gasteiger partial charge in [0.1, 0.15) is 18.8 Å². The number of quaternary nitrogens is 1. The van der Waals surface area contributed by atoms with Crippen molar-refractivity contribution >= 4 is 17.4 Å². The highest BCUT2D eigenvalue weighted by molar-refractivity contribution is 6.10. The molecule has 1 fully saturated rings. The van der Waals surface area contributed by atoms with Gasteiger partial charge in [-0.2, -0.15) is 0 Å². The van der Waals surface area contributed by atoms with E-state index in [1.165, 1.54) is 4.90 Å². The van der Waals surface area contributed by atoms with Gasteiger partial charge in [-0.15, -0.1) is 0 Å². The lowest BCUT2D eigenvalue weighted by molar-refractivity contribution is -0.906. The Morgan fingerprint density at radius 3 is 2.67 bits per heavy atom. The first-order valence-electron chi connectivity index (χ1n) is 9.14. The standard InChI is InChI=1S/C20H22N2O5/c1-14-6-7-18(27-14)17(23)12-20(25)15-4-2-3-5-16(15)22(19(20)24)13-21-8-10-26-11-9-21/h2-7,25H,8-13H2,1H3/p+1/t20-/m1/s1. The molecule has 0 aliphatic carbocycles. The number of ether oxygens (including phenoxy) is 1. The molecule has 2 aliphatic rings. The summed E-state index contributed by atoms with van der Waals surface area (Å²) in [6, 6.07) is 10.4. The predicted molar refractivity (Wildman–Crippen MR) is 96.6 cm³/mol. The summed E-state index contributed by atoms with van der Waals surface area (Å²) in [4.78, 5) is 28.6. The Morgan fingerprint density at radius 2 is 1.96 bits per heavy atom. The number of aryl methyl sites for hydroxylation is 1. The van der Waals surface area contributed by atoms with Crippen LogP contribution in [-0.4, -0.2) is 49.8 Å². The number of carbonyl (C=O) groups excluding carboxylic acids is 2. The molecule has 4 rings (SSSR count). The largest absolute Gasteiger partial charge is 0.458 e. The number of carbonyl (C=O) groups is 2. The number of fused-ring (bicyclic) bond motifs is 1. The number of nitrogens with zero attached hydrogens (tertiary/aromatic N) is 1. The number of amides is 1. The molecule has 2 aromatic rings. The molecule has 1 aromatic heterocycles. The number of hydrogen-bond donors (Lipinski definition) is 2. The van der Waals surface area contributed by atoms with E-state index < -0.39 is 17.3 Å². The van der Waals surface area contributed by atoms with Crippen molar-refractivity contribution in [1.29, 1.82) is 0 Å².